The fourth-order valence-electron chi connectivity index (χ4n) is 2.35. The molecule has 0 radical (unpaired) electrons. The predicted molar refractivity (Wildman–Crippen MR) is 97.5 cm³/mol. The quantitative estimate of drug-likeness (QED) is 0.803. The average molecular weight is 319 g/mol. The summed E-state index contributed by atoms with van der Waals surface area (Å²) in [5.41, 5.74) is 5.07. The highest BCUT2D eigenvalue weighted by Gasteiger charge is 2.09. The number of benzene rings is 1. The molecule has 0 aliphatic carbocycles. The van der Waals surface area contributed by atoms with Crippen molar-refractivity contribution < 1.29 is 5.82 Å². The second kappa shape index (κ2) is 8.61. The maximum Gasteiger partial charge on any atom is 0.151 e. The van der Waals surface area contributed by atoms with Gasteiger partial charge < -0.3 is 5.32 Å². The van der Waals surface area contributed by atoms with Crippen molar-refractivity contribution in [3.05, 3.63) is 52.0 Å². The molecule has 0 saturated carbocycles. The van der Waals surface area contributed by atoms with Gasteiger partial charge in [-0.2, -0.15) is 5.10 Å². The van der Waals surface area contributed by atoms with Gasteiger partial charge in [0, 0.05) is 7.97 Å². The summed E-state index contributed by atoms with van der Waals surface area (Å²) in [7, 11) is 0. The van der Waals surface area contributed by atoms with Crippen LogP contribution in [0.4, 0.5) is 10.2 Å². The van der Waals surface area contributed by atoms with E-state index in [1.165, 1.54) is 0 Å². The lowest BCUT2D eigenvalue weighted by Crippen LogP contribution is -2.08. The van der Waals surface area contributed by atoms with Gasteiger partial charge in [-0.25, -0.2) is 4.39 Å². The first kappa shape index (κ1) is 19.1. The lowest BCUT2D eigenvalue weighted by molar-refractivity contribution is 0.624. The number of nitrogens with zero attached hydrogens (tertiary/aromatic N) is 2. The highest BCUT2D eigenvalue weighted by molar-refractivity contribution is 5.45. The van der Waals surface area contributed by atoms with Gasteiger partial charge in [-0.05, 0) is 67.1 Å². The molecule has 0 spiro atoms. The molecule has 128 valence electrons. The third kappa shape index (κ3) is 5.02. The number of aromatic nitrogens is 2. The molecule has 0 fully saturated rings. The molecule has 1 aromatic heterocycles. The standard InChI is InChI=1S/C17H22FN3.C2H6.H2/c1-10(2)16-8-13(5)17(21-20-16)19-9-15-11(3)6-14(18)7-12(15)4;1-2;/h6-8,10H,9H2,1-5H3,(H,19,21);1-2H3;1H. The van der Waals surface area contributed by atoms with Crippen LogP contribution in [0.25, 0.3) is 0 Å². The van der Waals surface area contributed by atoms with Gasteiger partial charge in [-0.1, -0.05) is 27.7 Å². The fraction of sp³-hybridized carbons (Fsp3) is 0.474. The molecule has 1 N–H and O–H groups in total. The van der Waals surface area contributed by atoms with Crippen LogP contribution in [-0.2, 0) is 6.54 Å². The molecule has 23 heavy (non-hydrogen) atoms. The lowest BCUT2D eigenvalue weighted by Gasteiger charge is -2.14. The van der Waals surface area contributed by atoms with Crippen LogP contribution in [0.3, 0.4) is 0 Å². The highest BCUT2D eigenvalue weighted by Crippen LogP contribution is 2.20. The van der Waals surface area contributed by atoms with Gasteiger partial charge in [-0.15, -0.1) is 5.10 Å². The first-order valence-electron chi connectivity index (χ1n) is 8.22. The van der Waals surface area contributed by atoms with Crippen molar-refractivity contribution in [2.24, 2.45) is 0 Å². The van der Waals surface area contributed by atoms with Crippen molar-refractivity contribution in [1.82, 2.24) is 10.2 Å². The van der Waals surface area contributed by atoms with Gasteiger partial charge >= 0.3 is 0 Å². The molecule has 0 amide bonds. The van der Waals surface area contributed by atoms with Crippen LogP contribution in [0.1, 0.15) is 63.0 Å². The van der Waals surface area contributed by atoms with Crippen molar-refractivity contribution in [2.75, 3.05) is 5.32 Å². The number of anilines is 1. The SMILES string of the molecule is CC.Cc1cc(C(C)C)nnc1NCc1c(C)cc(F)cc1C.[HH]. The summed E-state index contributed by atoms with van der Waals surface area (Å²) in [6, 6.07) is 5.18. The van der Waals surface area contributed by atoms with Crippen LogP contribution in [0, 0.1) is 26.6 Å². The Labute approximate surface area is 140 Å². The third-order valence-corrected chi connectivity index (χ3v) is 3.69. The third-order valence-electron chi connectivity index (χ3n) is 3.69. The topological polar surface area (TPSA) is 37.8 Å². The molecule has 0 saturated heterocycles. The second-order valence-corrected chi connectivity index (χ2v) is 5.83. The Hall–Kier alpha value is -1.97. The summed E-state index contributed by atoms with van der Waals surface area (Å²) >= 11 is 0. The molecule has 0 aliphatic heterocycles. The summed E-state index contributed by atoms with van der Waals surface area (Å²) in [6.45, 7) is 14.7. The van der Waals surface area contributed by atoms with E-state index in [-0.39, 0.29) is 7.24 Å². The zero-order valence-electron chi connectivity index (χ0n) is 15.3. The predicted octanol–water partition coefficient (Wildman–Crippen LogP) is 5.55. The first-order valence-corrected chi connectivity index (χ1v) is 8.22. The minimum atomic E-state index is -0.189. The number of halogens is 1. The summed E-state index contributed by atoms with van der Waals surface area (Å²) in [4.78, 5) is 0. The van der Waals surface area contributed by atoms with Gasteiger partial charge in [0.2, 0.25) is 0 Å². The molecular formula is C19H30FN3. The molecule has 0 aliphatic rings. The fourth-order valence-corrected chi connectivity index (χ4v) is 2.35. The molecule has 2 rings (SSSR count). The van der Waals surface area contributed by atoms with E-state index in [1.807, 2.05) is 34.6 Å². The van der Waals surface area contributed by atoms with Crippen molar-refractivity contribution in [3.8, 4) is 0 Å². The maximum atomic E-state index is 13.3. The molecular weight excluding hydrogens is 289 g/mol. The smallest absolute Gasteiger partial charge is 0.151 e. The molecule has 3 nitrogen and oxygen atoms in total. The van der Waals surface area contributed by atoms with Crippen molar-refractivity contribution in [1.29, 1.82) is 0 Å². The molecule has 0 bridgehead atoms. The van der Waals surface area contributed by atoms with Gasteiger partial charge in [0.15, 0.2) is 5.82 Å². The Balaban J connectivity index is 0.00000170. The summed E-state index contributed by atoms with van der Waals surface area (Å²) in [6.07, 6.45) is 0. The Morgan fingerprint density at radius 1 is 1.00 bits per heavy atom. The van der Waals surface area contributed by atoms with Crippen LogP contribution in [0.5, 0.6) is 0 Å². The van der Waals surface area contributed by atoms with Crippen LogP contribution in [0.2, 0.25) is 0 Å². The molecule has 0 unspecified atom stereocenters. The van der Waals surface area contributed by atoms with Crippen LogP contribution in [-0.4, -0.2) is 10.2 Å². The van der Waals surface area contributed by atoms with Crippen molar-refractivity contribution in [2.45, 2.75) is 60.9 Å². The molecule has 1 heterocycles. The maximum absolute atomic E-state index is 13.3. The Bertz CT molecular complexity index is 634. The lowest BCUT2D eigenvalue weighted by atomic mass is 10.0. The largest absolute Gasteiger partial charge is 0.364 e. The highest BCUT2D eigenvalue weighted by atomic mass is 19.1. The zero-order valence-corrected chi connectivity index (χ0v) is 15.3. The van der Waals surface area contributed by atoms with E-state index >= 15 is 0 Å². The second-order valence-electron chi connectivity index (χ2n) is 5.83. The summed E-state index contributed by atoms with van der Waals surface area (Å²) in [5, 5.41) is 11.8. The van der Waals surface area contributed by atoms with Crippen molar-refractivity contribution >= 4 is 5.82 Å². The van der Waals surface area contributed by atoms with Crippen LogP contribution >= 0.6 is 0 Å². The van der Waals surface area contributed by atoms with Crippen LogP contribution < -0.4 is 5.32 Å². The average Bonchev–Trinajstić information content (AvgIpc) is 2.49. The molecule has 1 aromatic carbocycles. The Morgan fingerprint density at radius 2 is 1.57 bits per heavy atom. The van der Waals surface area contributed by atoms with E-state index in [9.17, 15) is 4.39 Å². The molecule has 4 heteroatoms. The first-order chi connectivity index (χ1) is 10.9. The van der Waals surface area contributed by atoms with E-state index < -0.39 is 0 Å². The normalized spacial score (nSPS) is 10.3. The number of hydrogen-bond acceptors (Lipinski definition) is 3. The Morgan fingerprint density at radius 3 is 2.04 bits per heavy atom. The number of rotatable bonds is 4. The minimum absolute atomic E-state index is 0. The number of nitrogens with one attached hydrogen (secondary N) is 1. The summed E-state index contributed by atoms with van der Waals surface area (Å²) in [5.74, 6) is 0.959. The number of aryl methyl sites for hydroxylation is 3. The van der Waals surface area contributed by atoms with E-state index in [2.05, 4.69) is 35.4 Å². The van der Waals surface area contributed by atoms with E-state index in [1.54, 1.807) is 12.1 Å². The van der Waals surface area contributed by atoms with Gasteiger partial charge in [0.1, 0.15) is 5.82 Å². The number of hydrogen-bond donors (Lipinski definition) is 1. The minimum Gasteiger partial charge on any atom is -0.364 e. The van der Waals surface area contributed by atoms with Crippen molar-refractivity contribution in [3.63, 3.8) is 0 Å². The summed E-state index contributed by atoms with van der Waals surface area (Å²) < 4.78 is 13.3. The monoisotopic (exact) mass is 319 g/mol. The Kier molecular flexibility index (Phi) is 7.14. The molecule has 0 atom stereocenters. The van der Waals surface area contributed by atoms with Gasteiger partial charge in [-0.3, -0.25) is 0 Å². The van der Waals surface area contributed by atoms with E-state index in [0.29, 0.717) is 12.5 Å². The zero-order chi connectivity index (χ0) is 17.6. The van der Waals surface area contributed by atoms with Gasteiger partial charge in [0.25, 0.3) is 0 Å². The van der Waals surface area contributed by atoms with E-state index in [4.69, 9.17) is 0 Å². The molecule has 2 aromatic rings. The van der Waals surface area contributed by atoms with Gasteiger partial charge in [0.05, 0.1) is 5.69 Å². The van der Waals surface area contributed by atoms with Crippen LogP contribution in [0.15, 0.2) is 18.2 Å². The van der Waals surface area contributed by atoms with E-state index in [0.717, 1.165) is 33.8 Å².